The number of aromatic nitrogens is 1. The van der Waals surface area contributed by atoms with Crippen LogP contribution in [0.3, 0.4) is 0 Å². The molecule has 0 fully saturated rings. The molecule has 1 amide bonds. The van der Waals surface area contributed by atoms with Crippen molar-refractivity contribution in [1.29, 1.82) is 0 Å². The van der Waals surface area contributed by atoms with Gasteiger partial charge in [0.1, 0.15) is 11.6 Å². The van der Waals surface area contributed by atoms with Crippen LogP contribution in [0.15, 0.2) is 34.9 Å². The molecule has 1 aromatic heterocycles. The molecule has 1 heterocycles. The second kappa shape index (κ2) is 6.07. The zero-order chi connectivity index (χ0) is 14.5. The molecule has 0 aliphatic heterocycles. The first-order valence-corrected chi connectivity index (χ1v) is 5.82. The Balaban J connectivity index is 1.93. The molecule has 0 saturated heterocycles. The van der Waals surface area contributed by atoms with Crippen molar-refractivity contribution in [3.63, 3.8) is 0 Å². The lowest BCUT2D eigenvalue weighted by molar-refractivity contribution is 0.0686. The molecular weight excluding hydrogens is 288 g/mol. The van der Waals surface area contributed by atoms with Crippen molar-refractivity contribution in [2.24, 2.45) is 0 Å². The fourth-order valence-electron chi connectivity index (χ4n) is 1.34. The minimum absolute atomic E-state index is 0.0597. The third-order valence-corrected chi connectivity index (χ3v) is 2.62. The number of hydrogen-bond donors (Lipinski definition) is 2. The number of rotatable bonds is 4. The predicted octanol–water partition coefficient (Wildman–Crippen LogP) is 2.77. The van der Waals surface area contributed by atoms with E-state index < -0.39 is 17.8 Å². The van der Waals surface area contributed by atoms with E-state index in [0.717, 1.165) is 5.56 Å². The average molecular weight is 297 g/mol. The van der Waals surface area contributed by atoms with Crippen LogP contribution >= 0.6 is 11.6 Å². The molecule has 0 atom stereocenters. The molecule has 1 aromatic carbocycles. The molecular formula is C12H9ClN2O5. The van der Waals surface area contributed by atoms with Crippen LogP contribution in [0.1, 0.15) is 16.1 Å². The molecule has 0 unspecified atom stereocenters. The van der Waals surface area contributed by atoms with Gasteiger partial charge in [-0.25, -0.2) is 9.59 Å². The quantitative estimate of drug-likeness (QED) is 0.899. The van der Waals surface area contributed by atoms with Gasteiger partial charge in [0.05, 0.1) is 0 Å². The average Bonchev–Trinajstić information content (AvgIpc) is 2.79. The first-order valence-electron chi connectivity index (χ1n) is 5.44. The lowest BCUT2D eigenvalue weighted by Gasteiger charge is -2.04. The van der Waals surface area contributed by atoms with Crippen molar-refractivity contribution in [2.75, 3.05) is 5.32 Å². The Hall–Kier alpha value is -2.54. The van der Waals surface area contributed by atoms with E-state index in [1.807, 2.05) is 18.2 Å². The summed E-state index contributed by atoms with van der Waals surface area (Å²) in [5, 5.41) is 13.8. The van der Waals surface area contributed by atoms with Crippen molar-refractivity contribution in [3.05, 3.63) is 46.6 Å². The molecule has 2 aromatic rings. The normalized spacial score (nSPS) is 10.1. The highest BCUT2D eigenvalue weighted by atomic mass is 35.5. The van der Waals surface area contributed by atoms with Gasteiger partial charge in [-0.2, -0.15) is 0 Å². The molecule has 0 aliphatic carbocycles. The number of carbonyl (C=O) groups is 2. The largest absolute Gasteiger partial charge is 0.476 e. The van der Waals surface area contributed by atoms with E-state index in [-0.39, 0.29) is 17.5 Å². The summed E-state index contributed by atoms with van der Waals surface area (Å²) >= 11 is 5.67. The van der Waals surface area contributed by atoms with Gasteiger partial charge in [0, 0.05) is 0 Å². The number of ether oxygens (including phenoxy) is 1. The van der Waals surface area contributed by atoms with E-state index in [0.29, 0.717) is 0 Å². The number of anilines is 1. The summed E-state index contributed by atoms with van der Waals surface area (Å²) in [5.74, 6) is -1.63. The Morgan fingerprint density at radius 1 is 1.35 bits per heavy atom. The van der Waals surface area contributed by atoms with Gasteiger partial charge >= 0.3 is 12.1 Å². The molecule has 104 valence electrons. The van der Waals surface area contributed by atoms with Crippen LogP contribution < -0.4 is 5.32 Å². The smallest absolute Gasteiger partial charge is 0.414 e. The molecule has 0 radical (unpaired) electrons. The molecule has 8 heteroatoms. The highest BCUT2D eigenvalue weighted by molar-refractivity contribution is 6.35. The number of halogens is 1. The topological polar surface area (TPSA) is 102 Å². The summed E-state index contributed by atoms with van der Waals surface area (Å²) in [6, 6.07) is 9.03. The Morgan fingerprint density at radius 3 is 2.65 bits per heavy atom. The third kappa shape index (κ3) is 3.27. The Kier molecular flexibility index (Phi) is 4.21. The van der Waals surface area contributed by atoms with E-state index in [9.17, 15) is 9.59 Å². The van der Waals surface area contributed by atoms with Gasteiger partial charge in [0.15, 0.2) is 0 Å². The minimum Gasteiger partial charge on any atom is -0.476 e. The van der Waals surface area contributed by atoms with Crippen LogP contribution in [0.5, 0.6) is 0 Å². The predicted molar refractivity (Wildman–Crippen MR) is 68.7 cm³/mol. The number of nitrogens with one attached hydrogen (secondary N) is 1. The fourth-order valence-corrected chi connectivity index (χ4v) is 1.54. The van der Waals surface area contributed by atoms with Gasteiger partial charge in [0.25, 0.3) is 5.88 Å². The van der Waals surface area contributed by atoms with Gasteiger partial charge in [-0.05, 0) is 5.56 Å². The zero-order valence-corrected chi connectivity index (χ0v) is 10.8. The minimum atomic E-state index is -1.36. The van der Waals surface area contributed by atoms with Crippen molar-refractivity contribution in [1.82, 2.24) is 5.16 Å². The highest BCUT2D eigenvalue weighted by Gasteiger charge is 2.21. The maximum atomic E-state index is 11.5. The number of nitrogens with zero attached hydrogens (tertiary/aromatic N) is 1. The summed E-state index contributed by atoms with van der Waals surface area (Å²) in [7, 11) is 0. The maximum absolute atomic E-state index is 11.5. The number of carboxylic acids is 1. The monoisotopic (exact) mass is 296 g/mol. The van der Waals surface area contributed by atoms with E-state index in [1.165, 1.54) is 0 Å². The van der Waals surface area contributed by atoms with Crippen LogP contribution in [-0.2, 0) is 11.3 Å². The van der Waals surface area contributed by atoms with E-state index in [4.69, 9.17) is 21.4 Å². The van der Waals surface area contributed by atoms with E-state index >= 15 is 0 Å². The van der Waals surface area contributed by atoms with Crippen LogP contribution in [0.4, 0.5) is 10.7 Å². The molecule has 2 N–H and O–H groups in total. The summed E-state index contributed by atoms with van der Waals surface area (Å²) in [5.41, 5.74) is 0.322. The molecule has 0 bridgehead atoms. The second-order valence-corrected chi connectivity index (χ2v) is 4.04. The summed E-state index contributed by atoms with van der Waals surface area (Å²) < 4.78 is 9.52. The van der Waals surface area contributed by atoms with Crippen molar-refractivity contribution < 1.29 is 24.0 Å². The zero-order valence-electron chi connectivity index (χ0n) is 10.00. The van der Waals surface area contributed by atoms with Crippen LogP contribution in [0, 0.1) is 0 Å². The van der Waals surface area contributed by atoms with Gasteiger partial charge in [-0.15, -0.1) is 0 Å². The van der Waals surface area contributed by atoms with Gasteiger partial charge in [0.2, 0.25) is 5.69 Å². The SMILES string of the molecule is O=C(Nc1onc(C(=O)O)c1Cl)OCc1ccccc1. The van der Waals surface area contributed by atoms with Crippen LogP contribution in [-0.4, -0.2) is 22.3 Å². The highest BCUT2D eigenvalue weighted by Crippen LogP contribution is 2.25. The van der Waals surface area contributed by atoms with Crippen molar-refractivity contribution >= 4 is 29.5 Å². The van der Waals surface area contributed by atoms with Crippen LogP contribution in [0.25, 0.3) is 0 Å². The number of carboxylic acid groups (broad SMARTS) is 1. The van der Waals surface area contributed by atoms with Gasteiger partial charge in [-0.1, -0.05) is 47.1 Å². The number of benzene rings is 1. The van der Waals surface area contributed by atoms with Gasteiger partial charge in [-0.3, -0.25) is 5.32 Å². The van der Waals surface area contributed by atoms with E-state index in [2.05, 4.69) is 15.0 Å². The molecule has 2 rings (SSSR count). The summed E-state index contributed by atoms with van der Waals surface area (Å²) in [6.45, 7) is 0.0597. The van der Waals surface area contributed by atoms with Crippen LogP contribution in [0.2, 0.25) is 5.02 Å². The number of carbonyl (C=O) groups excluding carboxylic acids is 1. The number of aromatic carboxylic acids is 1. The Morgan fingerprint density at radius 2 is 2.05 bits per heavy atom. The first-order chi connectivity index (χ1) is 9.58. The third-order valence-electron chi connectivity index (χ3n) is 2.27. The molecule has 0 spiro atoms. The Labute approximate surface area is 118 Å². The van der Waals surface area contributed by atoms with Crippen molar-refractivity contribution in [2.45, 2.75) is 6.61 Å². The summed E-state index contributed by atoms with van der Waals surface area (Å²) in [6.07, 6.45) is -0.830. The number of amides is 1. The number of hydrogen-bond acceptors (Lipinski definition) is 5. The van der Waals surface area contributed by atoms with Crippen molar-refractivity contribution in [3.8, 4) is 0 Å². The first kappa shape index (κ1) is 13.9. The fraction of sp³-hybridized carbons (Fsp3) is 0.0833. The lowest BCUT2D eigenvalue weighted by atomic mass is 10.2. The standard InChI is InChI=1S/C12H9ClN2O5/c13-8-9(11(16)17)15-20-10(8)14-12(18)19-6-7-4-2-1-3-5-7/h1-5H,6H2,(H,14,18)(H,16,17). The molecule has 0 aliphatic rings. The molecule has 20 heavy (non-hydrogen) atoms. The lowest BCUT2D eigenvalue weighted by Crippen LogP contribution is -2.13. The summed E-state index contributed by atoms with van der Waals surface area (Å²) in [4.78, 5) is 22.2. The van der Waals surface area contributed by atoms with E-state index in [1.54, 1.807) is 12.1 Å². The second-order valence-electron chi connectivity index (χ2n) is 3.67. The molecule has 0 saturated carbocycles. The van der Waals surface area contributed by atoms with Gasteiger partial charge < -0.3 is 14.4 Å². The maximum Gasteiger partial charge on any atom is 0.414 e. The Bertz CT molecular complexity index is 626. The molecule has 7 nitrogen and oxygen atoms in total.